The highest BCUT2D eigenvalue weighted by Crippen LogP contribution is 2.16. The molecular formula is C13H21N5O6. The highest BCUT2D eigenvalue weighted by atomic mass is 16.3. The fraction of sp³-hybridized carbons (Fsp3) is 0.538. The van der Waals surface area contributed by atoms with Gasteiger partial charge in [-0.05, 0) is 6.42 Å². The Bertz CT molecular complexity index is 545. The van der Waals surface area contributed by atoms with Crippen LogP contribution in [0.25, 0.3) is 0 Å². The van der Waals surface area contributed by atoms with Crippen molar-refractivity contribution in [3.05, 3.63) is 11.4 Å². The van der Waals surface area contributed by atoms with E-state index in [0.29, 0.717) is 0 Å². The number of nitrogens with two attached hydrogens (primary N) is 2. The van der Waals surface area contributed by atoms with E-state index in [1.54, 1.807) is 0 Å². The number of aliphatic hydroxyl groups excluding tert-OH is 4. The zero-order valence-electron chi connectivity index (χ0n) is 12.8. The first-order chi connectivity index (χ1) is 11.3. The molecule has 0 radical (unpaired) electrons. The van der Waals surface area contributed by atoms with Crippen LogP contribution in [0.5, 0.6) is 0 Å². The SMILES string of the molecule is Nc1nc(C(=O)NCC(O)CO)c(N)nc1C(=O)CCC(O)CO. The maximum atomic E-state index is 12.0. The molecule has 0 aliphatic heterocycles. The van der Waals surface area contributed by atoms with Crippen LogP contribution in [-0.4, -0.2) is 74.1 Å². The Morgan fingerprint density at radius 3 is 2.12 bits per heavy atom. The number of nitrogens with zero attached hydrogens (tertiary/aromatic N) is 2. The van der Waals surface area contributed by atoms with E-state index in [-0.39, 0.29) is 42.4 Å². The molecule has 134 valence electrons. The third kappa shape index (κ3) is 5.38. The Kier molecular flexibility index (Phi) is 7.45. The Morgan fingerprint density at radius 1 is 1.00 bits per heavy atom. The monoisotopic (exact) mass is 343 g/mol. The second kappa shape index (κ2) is 9.08. The van der Waals surface area contributed by atoms with Crippen molar-refractivity contribution >= 4 is 23.3 Å². The number of carbonyl (C=O) groups is 2. The van der Waals surface area contributed by atoms with Crippen molar-refractivity contribution < 1.29 is 30.0 Å². The zero-order valence-corrected chi connectivity index (χ0v) is 12.8. The molecule has 0 saturated heterocycles. The van der Waals surface area contributed by atoms with Gasteiger partial charge in [-0.15, -0.1) is 0 Å². The van der Waals surface area contributed by atoms with Crippen molar-refractivity contribution in [3.8, 4) is 0 Å². The van der Waals surface area contributed by atoms with E-state index in [4.69, 9.17) is 21.7 Å². The summed E-state index contributed by atoms with van der Waals surface area (Å²) in [5, 5.41) is 38.1. The van der Waals surface area contributed by atoms with Crippen LogP contribution in [0.4, 0.5) is 11.6 Å². The van der Waals surface area contributed by atoms with Gasteiger partial charge in [-0.25, -0.2) is 9.97 Å². The lowest BCUT2D eigenvalue weighted by Gasteiger charge is -2.11. The molecule has 24 heavy (non-hydrogen) atoms. The van der Waals surface area contributed by atoms with Crippen LogP contribution in [0.3, 0.4) is 0 Å². The van der Waals surface area contributed by atoms with Crippen molar-refractivity contribution in [1.82, 2.24) is 15.3 Å². The number of hydrogen-bond donors (Lipinski definition) is 7. The standard InChI is InChI=1S/C13H21N5O6/c14-11-9(8(23)2-1-6(21)4-19)17-12(15)10(18-11)13(24)16-3-7(22)5-20/h6-7,19-22H,1-5H2,(H2,14,18)(H2,15,17)(H,16,24). The fourth-order valence-electron chi connectivity index (χ4n) is 1.70. The summed E-state index contributed by atoms with van der Waals surface area (Å²) in [5.74, 6) is -1.94. The van der Waals surface area contributed by atoms with Crippen LogP contribution < -0.4 is 16.8 Å². The summed E-state index contributed by atoms with van der Waals surface area (Å²) in [6.45, 7) is -1.23. The Morgan fingerprint density at radius 2 is 1.54 bits per heavy atom. The molecule has 0 spiro atoms. The molecule has 1 amide bonds. The molecule has 1 aromatic rings. The third-order valence-electron chi connectivity index (χ3n) is 3.05. The summed E-state index contributed by atoms with van der Waals surface area (Å²) in [7, 11) is 0. The maximum Gasteiger partial charge on any atom is 0.273 e. The normalized spacial score (nSPS) is 13.3. The molecule has 0 bridgehead atoms. The molecule has 2 unspecified atom stereocenters. The lowest BCUT2D eigenvalue weighted by molar-refractivity contribution is 0.0776. The molecule has 0 saturated carbocycles. The minimum atomic E-state index is -1.14. The van der Waals surface area contributed by atoms with E-state index in [1.807, 2.05) is 0 Å². The topological polar surface area (TPSA) is 205 Å². The van der Waals surface area contributed by atoms with Gasteiger partial charge in [0.05, 0.1) is 25.4 Å². The highest BCUT2D eigenvalue weighted by molar-refractivity contribution is 6.01. The number of ketones is 1. The molecule has 2 atom stereocenters. The predicted octanol–water partition coefficient (Wildman–Crippen LogP) is -2.96. The number of rotatable bonds is 9. The van der Waals surface area contributed by atoms with E-state index >= 15 is 0 Å². The van der Waals surface area contributed by atoms with Crippen LogP contribution in [0.2, 0.25) is 0 Å². The Balaban J connectivity index is 2.85. The molecule has 11 heteroatoms. The number of aromatic nitrogens is 2. The minimum Gasteiger partial charge on any atom is -0.394 e. The van der Waals surface area contributed by atoms with Crippen molar-refractivity contribution in [2.75, 3.05) is 31.2 Å². The van der Waals surface area contributed by atoms with Crippen LogP contribution in [-0.2, 0) is 0 Å². The number of nitrogen functional groups attached to an aromatic ring is 2. The summed E-state index contributed by atoms with van der Waals surface area (Å²) < 4.78 is 0. The van der Waals surface area contributed by atoms with Gasteiger partial charge in [0.15, 0.2) is 28.8 Å². The molecule has 9 N–H and O–H groups in total. The van der Waals surface area contributed by atoms with Gasteiger partial charge < -0.3 is 37.2 Å². The van der Waals surface area contributed by atoms with E-state index < -0.39 is 37.1 Å². The van der Waals surface area contributed by atoms with Gasteiger partial charge in [-0.2, -0.15) is 0 Å². The van der Waals surface area contributed by atoms with Gasteiger partial charge in [0, 0.05) is 13.0 Å². The van der Waals surface area contributed by atoms with Gasteiger partial charge >= 0.3 is 0 Å². The van der Waals surface area contributed by atoms with Gasteiger partial charge in [-0.3, -0.25) is 9.59 Å². The van der Waals surface area contributed by atoms with Gasteiger partial charge in [0.25, 0.3) is 5.91 Å². The van der Waals surface area contributed by atoms with Crippen LogP contribution in [0.1, 0.15) is 33.8 Å². The van der Waals surface area contributed by atoms with Crippen LogP contribution >= 0.6 is 0 Å². The summed E-state index contributed by atoms with van der Waals surface area (Å²) in [6, 6.07) is 0. The molecule has 0 fully saturated rings. The Hall–Kier alpha value is -2.34. The molecule has 1 rings (SSSR count). The summed E-state index contributed by atoms with van der Waals surface area (Å²) in [4.78, 5) is 31.4. The smallest absolute Gasteiger partial charge is 0.273 e. The quantitative estimate of drug-likeness (QED) is 0.227. The number of nitrogens with one attached hydrogen (secondary N) is 1. The highest BCUT2D eigenvalue weighted by Gasteiger charge is 2.21. The third-order valence-corrected chi connectivity index (χ3v) is 3.05. The van der Waals surface area contributed by atoms with Crippen molar-refractivity contribution in [3.63, 3.8) is 0 Å². The van der Waals surface area contributed by atoms with Gasteiger partial charge in [-0.1, -0.05) is 0 Å². The summed E-state index contributed by atoms with van der Waals surface area (Å²) >= 11 is 0. The number of hydrogen-bond acceptors (Lipinski definition) is 10. The van der Waals surface area contributed by atoms with E-state index in [9.17, 15) is 19.8 Å². The number of aliphatic hydroxyl groups is 4. The van der Waals surface area contributed by atoms with E-state index in [1.165, 1.54) is 0 Å². The van der Waals surface area contributed by atoms with E-state index in [0.717, 1.165) is 0 Å². The molecule has 0 aliphatic carbocycles. The zero-order chi connectivity index (χ0) is 18.3. The minimum absolute atomic E-state index is 0.0116. The van der Waals surface area contributed by atoms with Crippen molar-refractivity contribution in [1.29, 1.82) is 0 Å². The largest absolute Gasteiger partial charge is 0.394 e. The predicted molar refractivity (Wildman–Crippen MR) is 82.9 cm³/mol. The molecule has 0 aromatic carbocycles. The molecule has 0 aliphatic rings. The molecule has 1 aromatic heterocycles. The average Bonchev–Trinajstić information content (AvgIpc) is 2.58. The first-order valence-corrected chi connectivity index (χ1v) is 7.12. The van der Waals surface area contributed by atoms with Crippen molar-refractivity contribution in [2.45, 2.75) is 25.0 Å². The maximum absolute atomic E-state index is 12.0. The second-order valence-corrected chi connectivity index (χ2v) is 5.04. The fourth-order valence-corrected chi connectivity index (χ4v) is 1.70. The molecule has 1 heterocycles. The average molecular weight is 343 g/mol. The lowest BCUT2D eigenvalue weighted by atomic mass is 10.1. The number of amides is 1. The lowest BCUT2D eigenvalue weighted by Crippen LogP contribution is -2.35. The first kappa shape index (κ1) is 19.7. The number of Topliss-reactive ketones (excluding diaryl/α,β-unsaturated/α-hetero) is 1. The Labute approximate surface area is 137 Å². The summed E-state index contributed by atoms with van der Waals surface area (Å²) in [5.41, 5.74) is 10.7. The summed E-state index contributed by atoms with van der Waals surface area (Å²) in [6.07, 6.45) is -2.30. The van der Waals surface area contributed by atoms with Crippen LogP contribution in [0, 0.1) is 0 Å². The second-order valence-electron chi connectivity index (χ2n) is 5.04. The van der Waals surface area contributed by atoms with Gasteiger partial charge in [0.1, 0.15) is 0 Å². The molecular weight excluding hydrogens is 322 g/mol. The van der Waals surface area contributed by atoms with Crippen molar-refractivity contribution in [2.24, 2.45) is 0 Å². The van der Waals surface area contributed by atoms with Gasteiger partial charge in [0.2, 0.25) is 0 Å². The molecule has 11 nitrogen and oxygen atoms in total. The first-order valence-electron chi connectivity index (χ1n) is 7.12. The van der Waals surface area contributed by atoms with Crippen LogP contribution in [0.15, 0.2) is 0 Å². The number of anilines is 2. The number of carbonyl (C=O) groups excluding carboxylic acids is 2. The van der Waals surface area contributed by atoms with E-state index in [2.05, 4.69) is 15.3 Å².